The number of halogens is 1. The average molecular weight is 348 g/mol. The maximum absolute atomic E-state index is 13.6. The van der Waals surface area contributed by atoms with Gasteiger partial charge in [0.05, 0.1) is 17.3 Å². The fraction of sp³-hybridized carbons (Fsp3) is 0. The van der Waals surface area contributed by atoms with Crippen molar-refractivity contribution in [2.45, 2.75) is 0 Å². The van der Waals surface area contributed by atoms with Crippen LogP contribution >= 0.6 is 0 Å². The molecule has 0 bridgehead atoms. The van der Waals surface area contributed by atoms with E-state index in [1.807, 2.05) is 18.2 Å². The normalized spacial score (nSPS) is 10.8. The highest BCUT2D eigenvalue weighted by atomic mass is 19.1. The lowest BCUT2D eigenvalue weighted by molar-refractivity contribution is 0.0948. The van der Waals surface area contributed by atoms with Crippen LogP contribution in [-0.2, 0) is 0 Å². The molecule has 0 amide bonds. The van der Waals surface area contributed by atoms with Crippen molar-refractivity contribution in [1.29, 1.82) is 0 Å². The predicted octanol–water partition coefficient (Wildman–Crippen LogP) is 3.63. The molecule has 0 aliphatic heterocycles. The number of pyridine rings is 1. The molecule has 0 atom stereocenters. The van der Waals surface area contributed by atoms with Gasteiger partial charge in [0.1, 0.15) is 11.6 Å². The van der Waals surface area contributed by atoms with E-state index in [2.05, 4.69) is 10.1 Å². The van der Waals surface area contributed by atoms with E-state index in [0.717, 1.165) is 4.68 Å². The van der Waals surface area contributed by atoms with E-state index in [1.54, 1.807) is 12.1 Å². The number of hydrogen-bond acceptors (Lipinski definition) is 5. The monoisotopic (exact) mass is 348 g/mol. The van der Waals surface area contributed by atoms with Crippen LogP contribution in [0, 0.1) is 5.82 Å². The van der Waals surface area contributed by atoms with Gasteiger partial charge in [0.2, 0.25) is 0 Å². The van der Waals surface area contributed by atoms with Crippen LogP contribution < -0.4 is 10.5 Å². The molecule has 2 heterocycles. The number of anilines is 1. The summed E-state index contributed by atoms with van der Waals surface area (Å²) in [6, 6.07) is 14.5. The van der Waals surface area contributed by atoms with Gasteiger partial charge in [-0.2, -0.15) is 4.68 Å². The molecular formula is C19H13FN4O2. The van der Waals surface area contributed by atoms with Crippen molar-refractivity contribution in [2.24, 2.45) is 0 Å². The summed E-state index contributed by atoms with van der Waals surface area (Å²) in [6.45, 7) is 0. The third kappa shape index (κ3) is 2.75. The van der Waals surface area contributed by atoms with Crippen molar-refractivity contribution >= 4 is 22.6 Å². The van der Waals surface area contributed by atoms with Crippen LogP contribution in [-0.4, -0.2) is 20.7 Å². The minimum absolute atomic E-state index is 0.146. The summed E-state index contributed by atoms with van der Waals surface area (Å²) in [5.74, 6) is -0.00624. The maximum atomic E-state index is 13.6. The lowest BCUT2D eigenvalue weighted by Crippen LogP contribution is -2.15. The fourth-order valence-electron chi connectivity index (χ4n) is 2.63. The average Bonchev–Trinajstić information content (AvgIpc) is 2.98. The number of hydrogen-bond donors (Lipinski definition) is 1. The second kappa shape index (κ2) is 6.29. The van der Waals surface area contributed by atoms with Gasteiger partial charge in [-0.05, 0) is 30.3 Å². The zero-order valence-electron chi connectivity index (χ0n) is 13.5. The van der Waals surface area contributed by atoms with Crippen LogP contribution in [0.4, 0.5) is 10.2 Å². The van der Waals surface area contributed by atoms with Crippen LogP contribution in [0.2, 0.25) is 0 Å². The molecule has 0 saturated heterocycles. The van der Waals surface area contributed by atoms with Gasteiger partial charge in [0.25, 0.3) is 5.91 Å². The molecule has 6 nitrogen and oxygen atoms in total. The van der Waals surface area contributed by atoms with Crippen molar-refractivity contribution in [3.05, 3.63) is 78.4 Å². The van der Waals surface area contributed by atoms with Crippen LogP contribution in [0.25, 0.3) is 10.9 Å². The summed E-state index contributed by atoms with van der Waals surface area (Å²) in [7, 11) is 0. The van der Waals surface area contributed by atoms with Crippen molar-refractivity contribution < 1.29 is 13.9 Å². The Morgan fingerprint density at radius 1 is 1.12 bits per heavy atom. The number of nitrogens with two attached hydrogens (primary N) is 1. The highest BCUT2D eigenvalue weighted by Crippen LogP contribution is 2.27. The van der Waals surface area contributed by atoms with Gasteiger partial charge in [-0.3, -0.25) is 9.78 Å². The van der Waals surface area contributed by atoms with E-state index in [9.17, 15) is 9.18 Å². The quantitative estimate of drug-likeness (QED) is 0.611. The van der Waals surface area contributed by atoms with Gasteiger partial charge in [-0.25, -0.2) is 4.39 Å². The zero-order chi connectivity index (χ0) is 18.1. The Hall–Kier alpha value is -3.74. The summed E-state index contributed by atoms with van der Waals surface area (Å²) in [5, 5.41) is 4.56. The van der Waals surface area contributed by atoms with Gasteiger partial charge in [0, 0.05) is 17.6 Å². The molecule has 7 heteroatoms. The molecule has 0 saturated carbocycles. The standard InChI is InChI=1S/C19H13FN4O2/c20-12-6-7-14-16(10-12)24(23-18(14)21)19(25)15-8-9-22-11-17(15)26-13-4-2-1-3-5-13/h1-11H,(H2,21,23). The Morgan fingerprint density at radius 2 is 1.92 bits per heavy atom. The number of aromatic nitrogens is 3. The number of ether oxygens (including phenoxy) is 1. The smallest absolute Gasteiger partial charge is 0.282 e. The minimum atomic E-state index is -0.495. The number of nitrogen functional groups attached to an aromatic ring is 1. The van der Waals surface area contributed by atoms with Gasteiger partial charge in [-0.1, -0.05) is 18.2 Å². The van der Waals surface area contributed by atoms with Crippen molar-refractivity contribution in [1.82, 2.24) is 14.8 Å². The molecule has 0 aliphatic carbocycles. The van der Waals surface area contributed by atoms with Gasteiger partial charge in [0.15, 0.2) is 11.6 Å². The summed E-state index contributed by atoms with van der Waals surface area (Å²) < 4.78 is 20.5. The number of benzene rings is 2. The largest absolute Gasteiger partial charge is 0.455 e. The number of nitrogens with zero attached hydrogens (tertiary/aromatic N) is 3. The first-order valence-electron chi connectivity index (χ1n) is 7.79. The molecule has 0 unspecified atom stereocenters. The van der Waals surface area contributed by atoms with Crippen LogP contribution in [0.15, 0.2) is 67.0 Å². The number of fused-ring (bicyclic) bond motifs is 1. The van der Waals surface area contributed by atoms with Gasteiger partial charge >= 0.3 is 0 Å². The third-order valence-electron chi connectivity index (χ3n) is 3.85. The van der Waals surface area contributed by atoms with Crippen molar-refractivity contribution in [3.63, 3.8) is 0 Å². The lowest BCUT2D eigenvalue weighted by Gasteiger charge is -2.10. The molecule has 2 N–H and O–H groups in total. The molecule has 0 radical (unpaired) electrons. The molecule has 0 aliphatic rings. The second-order valence-electron chi connectivity index (χ2n) is 5.55. The lowest BCUT2D eigenvalue weighted by atomic mass is 10.2. The molecule has 4 rings (SSSR count). The molecule has 0 spiro atoms. The van der Waals surface area contributed by atoms with Crippen molar-refractivity contribution in [2.75, 3.05) is 5.73 Å². The molecular weight excluding hydrogens is 335 g/mol. The van der Waals surface area contributed by atoms with E-state index < -0.39 is 11.7 Å². The van der Waals surface area contributed by atoms with Crippen molar-refractivity contribution in [3.8, 4) is 11.5 Å². The molecule has 128 valence electrons. The first-order valence-corrected chi connectivity index (χ1v) is 7.79. The highest BCUT2D eigenvalue weighted by molar-refractivity contribution is 6.04. The van der Waals surface area contributed by atoms with E-state index in [1.165, 1.54) is 36.7 Å². The topological polar surface area (TPSA) is 83.0 Å². The summed E-state index contributed by atoms with van der Waals surface area (Å²) >= 11 is 0. The number of carbonyl (C=O) groups excluding carboxylic acids is 1. The van der Waals surface area contributed by atoms with Crippen LogP contribution in [0.1, 0.15) is 10.4 Å². The Balaban J connectivity index is 1.79. The molecule has 4 aromatic rings. The number of para-hydroxylation sites is 1. The number of rotatable bonds is 3. The summed E-state index contributed by atoms with van der Waals surface area (Å²) in [4.78, 5) is 17.0. The SMILES string of the molecule is Nc1nn(C(=O)c2ccncc2Oc2ccccc2)c2cc(F)ccc12. The highest BCUT2D eigenvalue weighted by Gasteiger charge is 2.20. The van der Waals surface area contributed by atoms with E-state index in [4.69, 9.17) is 10.5 Å². The maximum Gasteiger partial charge on any atom is 0.282 e. The van der Waals surface area contributed by atoms with Crippen LogP contribution in [0.5, 0.6) is 11.5 Å². The van der Waals surface area contributed by atoms with E-state index >= 15 is 0 Å². The van der Waals surface area contributed by atoms with E-state index in [-0.39, 0.29) is 22.6 Å². The van der Waals surface area contributed by atoms with Gasteiger partial charge < -0.3 is 10.5 Å². The molecule has 0 fully saturated rings. The zero-order valence-corrected chi connectivity index (χ0v) is 13.5. The Morgan fingerprint density at radius 3 is 2.73 bits per heavy atom. The van der Waals surface area contributed by atoms with Gasteiger partial charge in [-0.15, -0.1) is 5.10 Å². The molecule has 2 aromatic heterocycles. The fourth-order valence-corrected chi connectivity index (χ4v) is 2.63. The Bertz CT molecular complexity index is 1110. The first kappa shape index (κ1) is 15.8. The predicted molar refractivity (Wildman–Crippen MR) is 94.6 cm³/mol. The van der Waals surface area contributed by atoms with Crippen LogP contribution in [0.3, 0.4) is 0 Å². The minimum Gasteiger partial charge on any atom is -0.455 e. The summed E-state index contributed by atoms with van der Waals surface area (Å²) in [5.41, 5.74) is 6.38. The first-order chi connectivity index (χ1) is 12.6. The number of carbonyl (C=O) groups is 1. The summed E-state index contributed by atoms with van der Waals surface area (Å²) in [6.07, 6.45) is 2.91. The Labute approximate surface area is 147 Å². The van der Waals surface area contributed by atoms with E-state index in [0.29, 0.717) is 11.1 Å². The third-order valence-corrected chi connectivity index (χ3v) is 3.85. The molecule has 2 aromatic carbocycles. The molecule has 26 heavy (non-hydrogen) atoms. The second-order valence-corrected chi connectivity index (χ2v) is 5.55. The Kier molecular flexibility index (Phi) is 3.81.